The standard InChI is InChI=1S/C21H26BrCl2NO3/c1-2-27-20-11-15(13-25-8-4-3-5-9-26)10-18(22)21(20)28-14-16-6-7-17(23)12-19(16)24/h6-7,10-12,25-26H,2-5,8-9,13-14H2,1H3. The lowest BCUT2D eigenvalue weighted by Crippen LogP contribution is -2.15. The highest BCUT2D eigenvalue weighted by molar-refractivity contribution is 9.10. The Morgan fingerprint density at radius 2 is 1.89 bits per heavy atom. The van der Waals surface area contributed by atoms with Gasteiger partial charge in [0.1, 0.15) is 6.61 Å². The van der Waals surface area contributed by atoms with Gasteiger partial charge in [0.15, 0.2) is 11.5 Å². The van der Waals surface area contributed by atoms with Crippen LogP contribution in [0.5, 0.6) is 11.5 Å². The zero-order valence-corrected chi connectivity index (χ0v) is 19.0. The maximum Gasteiger partial charge on any atom is 0.175 e. The third kappa shape index (κ3) is 7.45. The zero-order valence-electron chi connectivity index (χ0n) is 15.9. The molecule has 0 aliphatic rings. The first-order chi connectivity index (χ1) is 13.5. The fraction of sp³-hybridized carbons (Fsp3) is 0.429. The van der Waals surface area contributed by atoms with Gasteiger partial charge in [-0.1, -0.05) is 29.3 Å². The van der Waals surface area contributed by atoms with Crippen LogP contribution in [0.4, 0.5) is 0 Å². The molecule has 0 aromatic heterocycles. The molecule has 0 aliphatic heterocycles. The Morgan fingerprint density at radius 1 is 1.07 bits per heavy atom. The molecule has 0 spiro atoms. The van der Waals surface area contributed by atoms with E-state index < -0.39 is 0 Å². The van der Waals surface area contributed by atoms with Gasteiger partial charge in [-0.05, 0) is 78.5 Å². The summed E-state index contributed by atoms with van der Waals surface area (Å²) in [5.74, 6) is 1.35. The molecular weight excluding hydrogens is 465 g/mol. The van der Waals surface area contributed by atoms with Crippen LogP contribution in [-0.2, 0) is 13.2 Å². The topological polar surface area (TPSA) is 50.7 Å². The Kier molecular flexibility index (Phi) is 10.4. The van der Waals surface area contributed by atoms with Crippen LogP contribution in [0.3, 0.4) is 0 Å². The second-order valence-corrected chi connectivity index (χ2v) is 8.02. The number of aliphatic hydroxyl groups excluding tert-OH is 1. The summed E-state index contributed by atoms with van der Waals surface area (Å²) < 4.78 is 12.6. The Morgan fingerprint density at radius 3 is 2.61 bits per heavy atom. The van der Waals surface area contributed by atoms with Gasteiger partial charge in [0.05, 0.1) is 11.1 Å². The van der Waals surface area contributed by atoms with Crippen molar-refractivity contribution in [3.8, 4) is 11.5 Å². The third-order valence-corrected chi connectivity index (χ3v) is 5.27. The molecule has 0 fully saturated rings. The lowest BCUT2D eigenvalue weighted by atomic mass is 10.2. The maximum atomic E-state index is 8.82. The van der Waals surface area contributed by atoms with Crippen molar-refractivity contribution in [3.63, 3.8) is 0 Å². The van der Waals surface area contributed by atoms with E-state index in [4.69, 9.17) is 37.8 Å². The molecule has 2 N–H and O–H groups in total. The summed E-state index contributed by atoms with van der Waals surface area (Å²) in [5.41, 5.74) is 1.96. The van der Waals surface area contributed by atoms with Crippen molar-refractivity contribution >= 4 is 39.1 Å². The van der Waals surface area contributed by atoms with Crippen molar-refractivity contribution in [2.24, 2.45) is 0 Å². The van der Waals surface area contributed by atoms with Gasteiger partial charge in [-0.3, -0.25) is 0 Å². The predicted molar refractivity (Wildman–Crippen MR) is 119 cm³/mol. The van der Waals surface area contributed by atoms with Gasteiger partial charge in [0.2, 0.25) is 0 Å². The maximum absolute atomic E-state index is 8.82. The van der Waals surface area contributed by atoms with Crippen molar-refractivity contribution in [1.29, 1.82) is 0 Å². The first-order valence-corrected chi connectivity index (χ1v) is 10.9. The average molecular weight is 491 g/mol. The molecule has 0 amide bonds. The molecule has 0 aliphatic carbocycles. The quantitative estimate of drug-likeness (QED) is 0.359. The van der Waals surface area contributed by atoms with Gasteiger partial charge < -0.3 is 19.9 Å². The number of halogens is 3. The molecule has 4 nitrogen and oxygen atoms in total. The molecule has 0 heterocycles. The number of nitrogens with one attached hydrogen (secondary N) is 1. The van der Waals surface area contributed by atoms with Crippen LogP contribution >= 0.6 is 39.1 Å². The van der Waals surface area contributed by atoms with Crippen LogP contribution in [-0.4, -0.2) is 24.9 Å². The second kappa shape index (κ2) is 12.6. The van der Waals surface area contributed by atoms with Gasteiger partial charge in [0.25, 0.3) is 0 Å². The number of rotatable bonds is 12. The number of ether oxygens (including phenoxy) is 2. The van der Waals surface area contributed by atoms with Gasteiger partial charge in [-0.2, -0.15) is 0 Å². The summed E-state index contributed by atoms with van der Waals surface area (Å²) in [5, 5.41) is 13.4. The molecule has 0 saturated heterocycles. The van der Waals surface area contributed by atoms with E-state index in [1.165, 1.54) is 0 Å². The Balaban J connectivity index is 2.02. The first kappa shape index (κ1) is 23.3. The Bertz CT molecular complexity index is 759. The van der Waals surface area contributed by atoms with Crippen LogP contribution < -0.4 is 14.8 Å². The second-order valence-electron chi connectivity index (χ2n) is 6.32. The lowest BCUT2D eigenvalue weighted by molar-refractivity contribution is 0.267. The monoisotopic (exact) mass is 489 g/mol. The van der Waals surface area contributed by atoms with Crippen molar-refractivity contribution in [2.75, 3.05) is 19.8 Å². The van der Waals surface area contributed by atoms with Crippen LogP contribution in [0.1, 0.15) is 37.3 Å². The predicted octanol–water partition coefficient (Wildman–Crippen LogP) is 5.99. The van der Waals surface area contributed by atoms with Crippen LogP contribution in [0.2, 0.25) is 10.0 Å². The Labute approximate surface area is 185 Å². The highest BCUT2D eigenvalue weighted by Crippen LogP contribution is 2.38. The normalized spacial score (nSPS) is 10.9. The number of hydrogen-bond donors (Lipinski definition) is 2. The van der Waals surface area contributed by atoms with E-state index in [0.717, 1.165) is 48.0 Å². The van der Waals surface area contributed by atoms with E-state index in [9.17, 15) is 0 Å². The number of benzene rings is 2. The molecule has 2 aromatic rings. The summed E-state index contributed by atoms with van der Waals surface area (Å²) in [6.07, 6.45) is 2.92. The van der Waals surface area contributed by atoms with Crippen LogP contribution in [0.15, 0.2) is 34.8 Å². The zero-order chi connectivity index (χ0) is 20.4. The fourth-order valence-corrected chi connectivity index (χ4v) is 3.75. The molecule has 0 atom stereocenters. The van der Waals surface area contributed by atoms with E-state index in [1.807, 2.05) is 25.1 Å². The first-order valence-electron chi connectivity index (χ1n) is 9.38. The molecule has 28 heavy (non-hydrogen) atoms. The van der Waals surface area contributed by atoms with E-state index >= 15 is 0 Å². The number of unbranched alkanes of at least 4 members (excludes halogenated alkanes) is 2. The average Bonchev–Trinajstić information content (AvgIpc) is 2.65. The highest BCUT2D eigenvalue weighted by atomic mass is 79.9. The minimum Gasteiger partial charge on any atom is -0.490 e. The molecule has 7 heteroatoms. The molecule has 0 radical (unpaired) electrons. The third-order valence-electron chi connectivity index (χ3n) is 4.10. The summed E-state index contributed by atoms with van der Waals surface area (Å²) in [6.45, 7) is 4.71. The molecule has 2 aromatic carbocycles. The minimum absolute atomic E-state index is 0.257. The smallest absolute Gasteiger partial charge is 0.175 e. The summed E-state index contributed by atoms with van der Waals surface area (Å²) >= 11 is 15.8. The van der Waals surface area contributed by atoms with Gasteiger partial charge in [-0.25, -0.2) is 0 Å². The highest BCUT2D eigenvalue weighted by Gasteiger charge is 2.13. The summed E-state index contributed by atoms with van der Waals surface area (Å²) in [6, 6.07) is 9.37. The van der Waals surface area contributed by atoms with Crippen molar-refractivity contribution in [1.82, 2.24) is 5.32 Å². The van der Waals surface area contributed by atoms with Crippen molar-refractivity contribution in [2.45, 2.75) is 39.3 Å². The summed E-state index contributed by atoms with van der Waals surface area (Å²) in [4.78, 5) is 0. The van der Waals surface area contributed by atoms with Crippen molar-refractivity contribution < 1.29 is 14.6 Å². The largest absolute Gasteiger partial charge is 0.490 e. The molecule has 154 valence electrons. The number of aliphatic hydroxyl groups is 1. The molecule has 0 unspecified atom stereocenters. The lowest BCUT2D eigenvalue weighted by Gasteiger charge is -2.16. The molecule has 0 saturated carbocycles. The van der Waals surface area contributed by atoms with Crippen molar-refractivity contribution in [3.05, 3.63) is 56.0 Å². The fourth-order valence-electron chi connectivity index (χ4n) is 2.69. The van der Waals surface area contributed by atoms with Crippen LogP contribution in [0.25, 0.3) is 0 Å². The van der Waals surface area contributed by atoms with Crippen LogP contribution in [0, 0.1) is 0 Å². The molecular formula is C21H26BrCl2NO3. The molecule has 0 bridgehead atoms. The molecule has 2 rings (SSSR count). The number of hydrogen-bond acceptors (Lipinski definition) is 4. The van der Waals surface area contributed by atoms with E-state index in [1.54, 1.807) is 12.1 Å². The van der Waals surface area contributed by atoms with Gasteiger partial charge in [0, 0.05) is 28.8 Å². The Hall–Kier alpha value is -0.980. The van der Waals surface area contributed by atoms with E-state index in [0.29, 0.717) is 34.8 Å². The van der Waals surface area contributed by atoms with Gasteiger partial charge >= 0.3 is 0 Å². The van der Waals surface area contributed by atoms with Gasteiger partial charge in [-0.15, -0.1) is 0 Å². The minimum atomic E-state index is 0.257. The SMILES string of the molecule is CCOc1cc(CNCCCCCO)cc(Br)c1OCc1ccc(Cl)cc1Cl. The van der Waals surface area contributed by atoms with E-state index in [-0.39, 0.29) is 6.61 Å². The van der Waals surface area contributed by atoms with E-state index in [2.05, 4.69) is 21.2 Å². The summed E-state index contributed by atoms with van der Waals surface area (Å²) in [7, 11) is 0.